The molecule has 3 heterocycles. The first-order chi connectivity index (χ1) is 14.2. The number of carbonyl (C=O) groups is 3. The summed E-state index contributed by atoms with van der Waals surface area (Å²) in [7, 11) is 0. The topological polar surface area (TPSA) is 98.7 Å². The molecule has 30 heavy (non-hydrogen) atoms. The van der Waals surface area contributed by atoms with E-state index in [-0.39, 0.29) is 35.1 Å². The second-order valence-electron chi connectivity index (χ2n) is 9.50. The maximum atomic E-state index is 13.7. The van der Waals surface area contributed by atoms with Crippen molar-refractivity contribution in [3.8, 4) is 0 Å². The normalized spacial score (nSPS) is 34.5. The average Bonchev–Trinajstić information content (AvgIpc) is 3.24. The van der Waals surface area contributed by atoms with Gasteiger partial charge in [-0.05, 0) is 59.3 Å². The van der Waals surface area contributed by atoms with Gasteiger partial charge in [0.2, 0.25) is 17.7 Å². The Morgan fingerprint density at radius 1 is 1.23 bits per heavy atom. The van der Waals surface area contributed by atoms with E-state index in [1.54, 1.807) is 16.7 Å². The van der Waals surface area contributed by atoms with Gasteiger partial charge in [-0.25, -0.2) is 0 Å². The molecule has 170 valence electrons. The number of unbranched alkanes of at least 4 members (excludes halogenated alkanes) is 2. The third-order valence-electron chi connectivity index (χ3n) is 6.84. The zero-order valence-electron chi connectivity index (χ0n) is 18.7. The van der Waals surface area contributed by atoms with Crippen molar-refractivity contribution in [3.63, 3.8) is 0 Å². The summed E-state index contributed by atoms with van der Waals surface area (Å²) in [5.41, 5.74) is 0. The number of thioether (sulfide) groups is 1. The summed E-state index contributed by atoms with van der Waals surface area (Å²) in [5.74, 6) is -1.03. The molecule has 0 aromatic heterocycles. The van der Waals surface area contributed by atoms with Gasteiger partial charge in [-0.3, -0.25) is 14.4 Å². The Kier molecular flexibility index (Phi) is 7.07. The van der Waals surface area contributed by atoms with E-state index in [0.29, 0.717) is 19.5 Å². The van der Waals surface area contributed by atoms with Gasteiger partial charge in [0.15, 0.2) is 0 Å². The van der Waals surface area contributed by atoms with Crippen molar-refractivity contribution in [3.05, 3.63) is 0 Å². The molecule has 2 bridgehead atoms. The third kappa shape index (κ3) is 3.85. The number of nitrogens with one attached hydrogen (secondary N) is 2. The Bertz CT molecular complexity index is 687. The van der Waals surface area contributed by atoms with E-state index < -0.39 is 22.6 Å². The number of likely N-dealkylation sites (tertiary alicyclic amines) is 1. The molecule has 3 N–H and O–H groups in total. The zero-order valence-corrected chi connectivity index (χ0v) is 19.5. The molecule has 3 rings (SSSR count). The van der Waals surface area contributed by atoms with E-state index in [4.69, 9.17) is 5.11 Å². The van der Waals surface area contributed by atoms with Crippen LogP contribution in [0.1, 0.15) is 66.2 Å². The summed E-state index contributed by atoms with van der Waals surface area (Å²) in [4.78, 5) is 41.9. The molecule has 3 aliphatic rings. The number of carbonyl (C=O) groups excluding carboxylic acids is 3. The van der Waals surface area contributed by atoms with Gasteiger partial charge in [0.1, 0.15) is 6.04 Å². The van der Waals surface area contributed by atoms with E-state index in [1.807, 2.05) is 20.8 Å². The van der Waals surface area contributed by atoms with E-state index in [2.05, 4.69) is 17.6 Å². The molecule has 3 aliphatic heterocycles. The Balaban J connectivity index is 1.93. The van der Waals surface area contributed by atoms with Crippen LogP contribution in [0.2, 0.25) is 0 Å². The fourth-order valence-electron chi connectivity index (χ4n) is 5.66. The van der Waals surface area contributed by atoms with Gasteiger partial charge in [-0.15, -0.1) is 11.8 Å². The minimum absolute atomic E-state index is 0.0119. The lowest BCUT2D eigenvalue weighted by atomic mass is 9.66. The van der Waals surface area contributed by atoms with Crippen molar-refractivity contribution in [2.45, 2.75) is 87.8 Å². The van der Waals surface area contributed by atoms with Gasteiger partial charge in [-0.1, -0.05) is 6.92 Å². The fraction of sp³-hybridized carbons (Fsp3) is 0.864. The first-order valence-corrected chi connectivity index (χ1v) is 12.2. The van der Waals surface area contributed by atoms with Crippen LogP contribution in [0.25, 0.3) is 0 Å². The Morgan fingerprint density at radius 3 is 2.60 bits per heavy atom. The molecule has 0 radical (unpaired) electrons. The fourth-order valence-corrected chi connectivity index (χ4v) is 8.02. The Hall–Kier alpha value is -1.28. The number of aliphatic hydroxyl groups excluding tert-OH is 1. The van der Waals surface area contributed by atoms with Gasteiger partial charge in [0, 0.05) is 30.5 Å². The zero-order chi connectivity index (χ0) is 22.1. The number of fused-ring (bicyclic) bond motifs is 1. The molecular weight excluding hydrogens is 402 g/mol. The van der Waals surface area contributed by atoms with E-state index in [1.165, 1.54) is 0 Å². The maximum Gasteiger partial charge on any atom is 0.244 e. The highest BCUT2D eigenvalue weighted by molar-refractivity contribution is 8.02. The van der Waals surface area contributed by atoms with Crippen molar-refractivity contribution in [1.29, 1.82) is 0 Å². The molecule has 2 unspecified atom stereocenters. The number of hydrogen-bond acceptors (Lipinski definition) is 5. The van der Waals surface area contributed by atoms with Crippen LogP contribution in [0, 0.1) is 11.8 Å². The minimum atomic E-state index is -0.540. The molecule has 7 nitrogen and oxygen atoms in total. The lowest BCUT2D eigenvalue weighted by Gasteiger charge is -2.35. The molecular formula is C22H37N3O4S. The van der Waals surface area contributed by atoms with Crippen molar-refractivity contribution >= 4 is 29.5 Å². The molecule has 0 saturated carbocycles. The van der Waals surface area contributed by atoms with Crippen LogP contribution < -0.4 is 10.6 Å². The number of hydrogen-bond donors (Lipinski definition) is 3. The molecule has 8 heteroatoms. The molecule has 3 amide bonds. The number of aliphatic hydroxyl groups is 1. The van der Waals surface area contributed by atoms with E-state index in [0.717, 1.165) is 32.1 Å². The highest BCUT2D eigenvalue weighted by Crippen LogP contribution is 2.71. The minimum Gasteiger partial charge on any atom is -0.396 e. The first-order valence-electron chi connectivity index (χ1n) is 11.4. The predicted octanol–water partition coefficient (Wildman–Crippen LogP) is 1.68. The van der Waals surface area contributed by atoms with Crippen LogP contribution >= 0.6 is 11.8 Å². The molecule has 3 fully saturated rings. The van der Waals surface area contributed by atoms with Gasteiger partial charge >= 0.3 is 0 Å². The summed E-state index contributed by atoms with van der Waals surface area (Å²) >= 11 is 1.71. The molecule has 0 aromatic carbocycles. The van der Waals surface area contributed by atoms with E-state index >= 15 is 0 Å². The van der Waals surface area contributed by atoms with Gasteiger partial charge in [-0.2, -0.15) is 0 Å². The predicted molar refractivity (Wildman–Crippen MR) is 118 cm³/mol. The van der Waals surface area contributed by atoms with Gasteiger partial charge < -0.3 is 20.6 Å². The molecule has 1 spiro atoms. The molecule has 3 saturated heterocycles. The van der Waals surface area contributed by atoms with Crippen molar-refractivity contribution < 1.29 is 19.5 Å². The smallest absolute Gasteiger partial charge is 0.244 e. The monoisotopic (exact) mass is 439 g/mol. The largest absolute Gasteiger partial charge is 0.396 e. The quantitative estimate of drug-likeness (QED) is 0.450. The van der Waals surface area contributed by atoms with Crippen LogP contribution in [0.15, 0.2) is 0 Å². The molecule has 0 aliphatic carbocycles. The lowest BCUT2D eigenvalue weighted by molar-refractivity contribution is -0.140. The molecule has 0 aromatic rings. The SMILES string of the molecule is CCCNC(=O)[C@H]1[C@H]2C(=O)N(CCCCCO)C(C(=O)NC(C)C)C23CC[C@]1(C)S3. The van der Waals surface area contributed by atoms with Crippen LogP contribution in [-0.2, 0) is 14.4 Å². The van der Waals surface area contributed by atoms with Gasteiger partial charge in [0.25, 0.3) is 0 Å². The van der Waals surface area contributed by atoms with Crippen LogP contribution in [0.3, 0.4) is 0 Å². The first kappa shape index (κ1) is 23.4. The lowest BCUT2D eigenvalue weighted by Crippen LogP contribution is -2.55. The summed E-state index contributed by atoms with van der Waals surface area (Å²) in [5, 5.41) is 15.1. The summed E-state index contributed by atoms with van der Waals surface area (Å²) in [6, 6.07) is -0.551. The standard InChI is InChI=1S/C22H37N3O4S/c1-5-11-23-18(27)15-16-20(29)25(12-7-6-8-13-26)17(19(28)24-14(2)3)22(16)10-9-21(15,4)30-22/h14-17,26H,5-13H2,1-4H3,(H,23,27)(H,24,28)/t15-,16+,17?,21+,22?/m1/s1. The summed E-state index contributed by atoms with van der Waals surface area (Å²) in [6.07, 6.45) is 4.72. The number of rotatable bonds is 10. The van der Waals surface area contributed by atoms with Crippen molar-refractivity contribution in [1.82, 2.24) is 15.5 Å². The Labute approximate surface area is 184 Å². The summed E-state index contributed by atoms with van der Waals surface area (Å²) in [6.45, 7) is 9.19. The highest BCUT2D eigenvalue weighted by Gasteiger charge is 2.76. The van der Waals surface area contributed by atoms with Crippen LogP contribution in [0.5, 0.6) is 0 Å². The van der Waals surface area contributed by atoms with Crippen LogP contribution in [-0.4, -0.2) is 69.0 Å². The van der Waals surface area contributed by atoms with Crippen LogP contribution in [0.4, 0.5) is 0 Å². The number of amides is 3. The van der Waals surface area contributed by atoms with Crippen molar-refractivity contribution in [2.75, 3.05) is 19.7 Å². The van der Waals surface area contributed by atoms with Crippen molar-refractivity contribution in [2.24, 2.45) is 11.8 Å². The Morgan fingerprint density at radius 2 is 1.97 bits per heavy atom. The maximum absolute atomic E-state index is 13.7. The highest BCUT2D eigenvalue weighted by atomic mass is 32.2. The van der Waals surface area contributed by atoms with Gasteiger partial charge in [0.05, 0.1) is 16.6 Å². The summed E-state index contributed by atoms with van der Waals surface area (Å²) < 4.78 is -0.840. The molecule has 5 atom stereocenters. The van der Waals surface area contributed by atoms with E-state index in [9.17, 15) is 14.4 Å². The average molecular weight is 440 g/mol. The number of nitrogens with zero attached hydrogens (tertiary/aromatic N) is 1. The third-order valence-corrected chi connectivity index (χ3v) is 8.83. The second kappa shape index (κ2) is 9.07. The second-order valence-corrected chi connectivity index (χ2v) is 11.4.